The van der Waals surface area contributed by atoms with Crippen LogP contribution in [0.3, 0.4) is 0 Å². The van der Waals surface area contributed by atoms with Crippen LogP contribution in [0.2, 0.25) is 0 Å². The quantitative estimate of drug-likeness (QED) is 0.828. The Bertz CT molecular complexity index is 547. The fourth-order valence-corrected chi connectivity index (χ4v) is 2.04. The predicted molar refractivity (Wildman–Crippen MR) is 74.6 cm³/mol. The molecule has 0 aliphatic carbocycles. The summed E-state index contributed by atoms with van der Waals surface area (Å²) in [5.74, 6) is 0.0219. The van der Waals surface area contributed by atoms with Gasteiger partial charge < -0.3 is 19.9 Å². The second-order valence-electron chi connectivity index (χ2n) is 5.11. The molecule has 1 heterocycles. The van der Waals surface area contributed by atoms with Crippen LogP contribution in [0.4, 0.5) is 0 Å². The Morgan fingerprint density at radius 1 is 1.62 bits per heavy atom. The summed E-state index contributed by atoms with van der Waals surface area (Å²) in [6.07, 6.45) is -0.259. The monoisotopic (exact) mass is 290 g/mol. The molecule has 1 fully saturated rings. The van der Waals surface area contributed by atoms with Gasteiger partial charge in [0.1, 0.15) is 17.4 Å². The number of nitrogens with zero attached hydrogens (tertiary/aromatic N) is 1. The minimum Gasteiger partial charge on any atom is -0.480 e. The minimum absolute atomic E-state index is 0.124. The summed E-state index contributed by atoms with van der Waals surface area (Å²) in [5, 5.41) is 21.7. The van der Waals surface area contributed by atoms with Crippen molar-refractivity contribution in [3.8, 4) is 11.8 Å². The summed E-state index contributed by atoms with van der Waals surface area (Å²) in [6.45, 7) is 2.44. The summed E-state index contributed by atoms with van der Waals surface area (Å²) in [4.78, 5) is 12.0. The highest BCUT2D eigenvalue weighted by molar-refractivity contribution is 5.80. The van der Waals surface area contributed by atoms with Crippen LogP contribution in [0.25, 0.3) is 0 Å². The van der Waals surface area contributed by atoms with Gasteiger partial charge in [-0.2, -0.15) is 5.26 Å². The van der Waals surface area contributed by atoms with Gasteiger partial charge in [0.05, 0.1) is 12.2 Å². The van der Waals surface area contributed by atoms with Crippen LogP contribution in [0, 0.1) is 11.3 Å². The third-order valence-corrected chi connectivity index (χ3v) is 3.35. The van der Waals surface area contributed by atoms with Crippen molar-refractivity contribution >= 4 is 5.91 Å². The van der Waals surface area contributed by atoms with Crippen LogP contribution in [0.15, 0.2) is 24.3 Å². The first-order valence-corrected chi connectivity index (χ1v) is 6.78. The lowest BCUT2D eigenvalue weighted by Gasteiger charge is -2.22. The number of carbonyl (C=O) groups excluding carboxylic acids is 1. The largest absolute Gasteiger partial charge is 0.480 e. The van der Waals surface area contributed by atoms with Gasteiger partial charge in [-0.15, -0.1) is 0 Å². The lowest BCUT2D eigenvalue weighted by molar-refractivity contribution is -0.128. The van der Waals surface area contributed by atoms with Crippen molar-refractivity contribution in [1.29, 1.82) is 5.26 Å². The SMILES string of the molecule is CC(Oc1ccccc1C#N)C(=O)NCC1(O)CCOC1. The predicted octanol–water partition coefficient (Wildman–Crippen LogP) is 0.593. The maximum absolute atomic E-state index is 12.0. The standard InChI is InChI=1S/C15H18N2O4/c1-11(21-13-5-3-2-4-12(13)8-16)14(18)17-9-15(19)6-7-20-10-15/h2-5,11,19H,6-7,9-10H2,1H3,(H,17,18). The number of benzene rings is 1. The van der Waals surface area contributed by atoms with Crippen molar-refractivity contribution < 1.29 is 19.4 Å². The Morgan fingerprint density at radius 3 is 3.05 bits per heavy atom. The first-order valence-electron chi connectivity index (χ1n) is 6.78. The lowest BCUT2D eigenvalue weighted by atomic mass is 10.0. The van der Waals surface area contributed by atoms with E-state index in [1.807, 2.05) is 6.07 Å². The molecular formula is C15H18N2O4. The molecule has 1 aliphatic heterocycles. The van der Waals surface area contributed by atoms with Crippen molar-refractivity contribution in [2.45, 2.75) is 25.0 Å². The molecule has 2 rings (SSSR count). The van der Waals surface area contributed by atoms with Crippen LogP contribution < -0.4 is 10.1 Å². The highest BCUT2D eigenvalue weighted by Crippen LogP contribution is 2.19. The molecule has 21 heavy (non-hydrogen) atoms. The van der Waals surface area contributed by atoms with Gasteiger partial charge in [0, 0.05) is 19.6 Å². The van der Waals surface area contributed by atoms with E-state index < -0.39 is 11.7 Å². The lowest BCUT2D eigenvalue weighted by Crippen LogP contribution is -2.47. The molecular weight excluding hydrogens is 272 g/mol. The Morgan fingerprint density at radius 2 is 2.38 bits per heavy atom. The van der Waals surface area contributed by atoms with Crippen LogP contribution in [0.5, 0.6) is 5.75 Å². The zero-order valence-electron chi connectivity index (χ0n) is 11.8. The molecule has 2 N–H and O–H groups in total. The topological polar surface area (TPSA) is 91.6 Å². The number of carbonyl (C=O) groups is 1. The minimum atomic E-state index is -1.00. The molecule has 0 radical (unpaired) electrons. The van der Waals surface area contributed by atoms with E-state index in [0.717, 1.165) is 0 Å². The van der Waals surface area contributed by atoms with E-state index in [0.29, 0.717) is 24.3 Å². The summed E-state index contributed by atoms with van der Waals surface area (Å²) in [5.41, 5.74) is -0.625. The number of hydrogen-bond donors (Lipinski definition) is 2. The van der Waals surface area contributed by atoms with Crippen molar-refractivity contribution in [2.24, 2.45) is 0 Å². The van der Waals surface area contributed by atoms with Gasteiger partial charge in [-0.25, -0.2) is 0 Å². The molecule has 1 aromatic carbocycles. The zero-order valence-corrected chi connectivity index (χ0v) is 11.8. The summed E-state index contributed by atoms with van der Waals surface area (Å²) in [6, 6.07) is 8.74. The summed E-state index contributed by atoms with van der Waals surface area (Å²) < 4.78 is 10.6. The molecule has 0 aromatic heterocycles. The molecule has 6 nitrogen and oxygen atoms in total. The van der Waals surface area contributed by atoms with E-state index >= 15 is 0 Å². The molecule has 0 spiro atoms. The molecule has 0 bridgehead atoms. The van der Waals surface area contributed by atoms with Crippen LogP contribution in [0.1, 0.15) is 18.9 Å². The molecule has 2 unspecified atom stereocenters. The number of amides is 1. The van der Waals surface area contributed by atoms with E-state index in [4.69, 9.17) is 14.7 Å². The fourth-order valence-electron chi connectivity index (χ4n) is 2.04. The highest BCUT2D eigenvalue weighted by Gasteiger charge is 2.33. The molecule has 2 atom stereocenters. The number of rotatable bonds is 5. The maximum atomic E-state index is 12.0. The normalized spacial score (nSPS) is 22.3. The van der Waals surface area contributed by atoms with E-state index in [9.17, 15) is 9.90 Å². The second kappa shape index (κ2) is 6.57. The Labute approximate surface area is 123 Å². The second-order valence-corrected chi connectivity index (χ2v) is 5.11. The molecule has 1 amide bonds. The van der Waals surface area contributed by atoms with Gasteiger partial charge in [-0.3, -0.25) is 4.79 Å². The Hall–Kier alpha value is -2.10. The summed E-state index contributed by atoms with van der Waals surface area (Å²) >= 11 is 0. The van der Waals surface area contributed by atoms with Gasteiger partial charge >= 0.3 is 0 Å². The van der Waals surface area contributed by atoms with Gasteiger partial charge in [0.15, 0.2) is 6.10 Å². The van der Waals surface area contributed by atoms with Crippen LogP contribution in [-0.4, -0.2) is 42.5 Å². The molecule has 112 valence electrons. The third-order valence-electron chi connectivity index (χ3n) is 3.35. The number of nitrogens with one attached hydrogen (secondary N) is 1. The third kappa shape index (κ3) is 3.94. The molecule has 6 heteroatoms. The molecule has 1 aromatic rings. The number of ether oxygens (including phenoxy) is 2. The molecule has 0 saturated carbocycles. The number of hydrogen-bond acceptors (Lipinski definition) is 5. The smallest absolute Gasteiger partial charge is 0.260 e. The van der Waals surface area contributed by atoms with E-state index in [-0.39, 0.29) is 19.1 Å². The van der Waals surface area contributed by atoms with Gasteiger partial charge in [0.2, 0.25) is 0 Å². The van der Waals surface area contributed by atoms with Gasteiger partial charge in [-0.05, 0) is 19.1 Å². The number of aliphatic hydroxyl groups is 1. The zero-order chi connectivity index (χ0) is 15.3. The van der Waals surface area contributed by atoms with Crippen LogP contribution >= 0.6 is 0 Å². The first kappa shape index (κ1) is 15.3. The maximum Gasteiger partial charge on any atom is 0.260 e. The van der Waals surface area contributed by atoms with E-state index in [2.05, 4.69) is 5.32 Å². The fraction of sp³-hybridized carbons (Fsp3) is 0.467. The Kier molecular flexibility index (Phi) is 4.78. The van der Waals surface area contributed by atoms with E-state index in [1.165, 1.54) is 0 Å². The van der Waals surface area contributed by atoms with Crippen molar-refractivity contribution in [2.75, 3.05) is 19.8 Å². The van der Waals surface area contributed by atoms with Crippen LogP contribution in [-0.2, 0) is 9.53 Å². The molecule has 1 aliphatic rings. The van der Waals surface area contributed by atoms with E-state index in [1.54, 1.807) is 31.2 Å². The van der Waals surface area contributed by atoms with Gasteiger partial charge in [-0.1, -0.05) is 12.1 Å². The summed E-state index contributed by atoms with van der Waals surface area (Å²) in [7, 11) is 0. The number of nitriles is 1. The number of para-hydroxylation sites is 1. The first-order chi connectivity index (χ1) is 10.0. The van der Waals surface area contributed by atoms with Crippen molar-refractivity contribution in [1.82, 2.24) is 5.32 Å². The van der Waals surface area contributed by atoms with Crippen molar-refractivity contribution in [3.05, 3.63) is 29.8 Å². The average Bonchev–Trinajstić information content (AvgIpc) is 2.92. The Balaban J connectivity index is 1.89. The highest BCUT2D eigenvalue weighted by atomic mass is 16.5. The average molecular weight is 290 g/mol. The van der Waals surface area contributed by atoms with Gasteiger partial charge in [0.25, 0.3) is 5.91 Å². The van der Waals surface area contributed by atoms with Crippen molar-refractivity contribution in [3.63, 3.8) is 0 Å². The molecule has 1 saturated heterocycles.